The lowest BCUT2D eigenvalue weighted by Gasteiger charge is -2.45. The lowest BCUT2D eigenvalue weighted by molar-refractivity contribution is 0.0339. The van der Waals surface area contributed by atoms with E-state index in [9.17, 15) is 15.0 Å². The number of rotatable bonds is 1. The Morgan fingerprint density at radius 1 is 1.62 bits per heavy atom. The number of β-amino-alcohol motifs (C(OH)–C–C–N with tert-alkyl or cyclic N) is 1. The average Bonchev–Trinajstić information content (AvgIpc) is 2.43. The first-order valence-corrected chi connectivity index (χ1v) is 5.37. The van der Waals surface area contributed by atoms with E-state index in [4.69, 9.17) is 6.42 Å². The minimum atomic E-state index is -1.01. The van der Waals surface area contributed by atoms with Gasteiger partial charge in [0, 0.05) is 6.42 Å². The fraction of sp³-hybridized carbons (Fsp3) is 0.750. The van der Waals surface area contributed by atoms with Crippen molar-refractivity contribution in [2.24, 2.45) is 5.41 Å². The number of carbonyl (C=O) groups is 1. The minimum absolute atomic E-state index is 0.147. The third-order valence-electron chi connectivity index (χ3n) is 3.50. The molecule has 2 atom stereocenters. The van der Waals surface area contributed by atoms with Gasteiger partial charge in [0.25, 0.3) is 0 Å². The number of nitrogens with zero attached hydrogens (tertiary/aromatic N) is 1. The first-order valence-electron chi connectivity index (χ1n) is 5.37. The van der Waals surface area contributed by atoms with E-state index in [2.05, 4.69) is 5.92 Å². The van der Waals surface area contributed by atoms with E-state index >= 15 is 0 Å². The van der Waals surface area contributed by atoms with Crippen LogP contribution in [0.5, 0.6) is 0 Å². The Kier molecular flexibility index (Phi) is 3.20. The second-order valence-electron chi connectivity index (χ2n) is 5.41. The molecule has 0 bridgehead atoms. The van der Waals surface area contributed by atoms with Crippen molar-refractivity contribution < 1.29 is 15.0 Å². The number of likely N-dealkylation sites (tertiary alicyclic amines) is 1. The second-order valence-corrected chi connectivity index (χ2v) is 5.41. The molecule has 1 fully saturated rings. The van der Waals surface area contributed by atoms with Gasteiger partial charge in [-0.1, -0.05) is 20.8 Å². The van der Waals surface area contributed by atoms with Crippen LogP contribution >= 0.6 is 0 Å². The maximum Gasteiger partial charge on any atom is 0.407 e. The molecule has 16 heavy (non-hydrogen) atoms. The monoisotopic (exact) mass is 225 g/mol. The predicted molar refractivity (Wildman–Crippen MR) is 61.0 cm³/mol. The van der Waals surface area contributed by atoms with Gasteiger partial charge in [0.05, 0.1) is 18.2 Å². The Bertz CT molecular complexity index is 326. The van der Waals surface area contributed by atoms with Crippen molar-refractivity contribution in [1.82, 2.24) is 4.90 Å². The molecule has 1 saturated heterocycles. The van der Waals surface area contributed by atoms with Crippen LogP contribution in [0.3, 0.4) is 0 Å². The third-order valence-corrected chi connectivity index (χ3v) is 3.50. The molecule has 0 saturated carbocycles. The van der Waals surface area contributed by atoms with Crippen LogP contribution in [-0.4, -0.2) is 39.4 Å². The van der Waals surface area contributed by atoms with Gasteiger partial charge in [-0.3, -0.25) is 4.90 Å². The normalized spacial score (nSPS) is 30.2. The topological polar surface area (TPSA) is 60.8 Å². The predicted octanol–water partition coefficient (Wildman–Crippen LogP) is 1.54. The molecule has 0 radical (unpaired) electrons. The Balaban J connectivity index is 3.18. The number of terminal acetylenes is 1. The molecule has 2 N–H and O–H groups in total. The van der Waals surface area contributed by atoms with Crippen molar-refractivity contribution in [2.75, 3.05) is 6.54 Å². The molecule has 0 aromatic rings. The van der Waals surface area contributed by atoms with Crippen molar-refractivity contribution >= 4 is 6.09 Å². The number of amides is 1. The number of carboxylic acid groups (broad SMARTS) is 1. The van der Waals surface area contributed by atoms with E-state index in [0.29, 0.717) is 12.8 Å². The van der Waals surface area contributed by atoms with Crippen LogP contribution in [0, 0.1) is 17.8 Å². The first-order chi connectivity index (χ1) is 7.24. The first kappa shape index (κ1) is 12.9. The van der Waals surface area contributed by atoms with Crippen molar-refractivity contribution in [2.45, 2.75) is 45.3 Å². The van der Waals surface area contributed by atoms with Crippen molar-refractivity contribution in [3.8, 4) is 12.3 Å². The molecule has 90 valence electrons. The van der Waals surface area contributed by atoms with Gasteiger partial charge in [-0.25, -0.2) is 4.79 Å². The molecule has 1 rings (SSSR count). The van der Waals surface area contributed by atoms with Gasteiger partial charge in [0.1, 0.15) is 0 Å². The molecule has 1 aliphatic heterocycles. The Morgan fingerprint density at radius 3 is 2.56 bits per heavy atom. The highest BCUT2D eigenvalue weighted by Crippen LogP contribution is 2.45. The second kappa shape index (κ2) is 3.99. The molecule has 0 unspecified atom stereocenters. The highest BCUT2D eigenvalue weighted by molar-refractivity contribution is 5.67. The molecule has 4 heteroatoms. The smallest absolute Gasteiger partial charge is 0.407 e. The van der Waals surface area contributed by atoms with Crippen molar-refractivity contribution in [1.29, 1.82) is 0 Å². The molecule has 1 amide bonds. The maximum absolute atomic E-state index is 11.2. The number of hydrogen-bond acceptors (Lipinski definition) is 2. The van der Waals surface area contributed by atoms with E-state index < -0.39 is 17.7 Å². The largest absolute Gasteiger partial charge is 0.465 e. The summed E-state index contributed by atoms with van der Waals surface area (Å²) in [7, 11) is 0. The minimum Gasteiger partial charge on any atom is -0.465 e. The fourth-order valence-electron chi connectivity index (χ4n) is 2.52. The van der Waals surface area contributed by atoms with E-state index in [1.165, 1.54) is 4.90 Å². The highest BCUT2D eigenvalue weighted by atomic mass is 16.4. The van der Waals surface area contributed by atoms with Gasteiger partial charge in [0.2, 0.25) is 0 Å². The Morgan fingerprint density at radius 2 is 2.19 bits per heavy atom. The summed E-state index contributed by atoms with van der Waals surface area (Å²) in [4.78, 5) is 12.5. The summed E-state index contributed by atoms with van der Waals surface area (Å²) in [5.41, 5.74) is -0.956. The van der Waals surface area contributed by atoms with Crippen LogP contribution < -0.4 is 0 Å². The van der Waals surface area contributed by atoms with E-state index in [1.807, 2.05) is 20.8 Å². The quantitative estimate of drug-likeness (QED) is 0.665. The van der Waals surface area contributed by atoms with Crippen LogP contribution in [0.25, 0.3) is 0 Å². The standard InChI is InChI=1S/C12H19NO3/c1-5-6-12(11(2,3)4)7-9(14)8-13(12)10(15)16/h1,9,14H,6-8H2,2-4H3,(H,15,16)/t9-,12-/m1/s1. The van der Waals surface area contributed by atoms with Gasteiger partial charge in [-0.2, -0.15) is 0 Å². The SMILES string of the molecule is C#CC[C@]1(C(C)(C)C)C[C@@H](O)CN1C(=O)O. The highest BCUT2D eigenvalue weighted by Gasteiger charge is 2.54. The van der Waals surface area contributed by atoms with Crippen LogP contribution in [0.1, 0.15) is 33.6 Å². The zero-order valence-electron chi connectivity index (χ0n) is 10.0. The van der Waals surface area contributed by atoms with E-state index in [-0.39, 0.29) is 12.0 Å². The van der Waals surface area contributed by atoms with Crippen molar-refractivity contribution in [3.63, 3.8) is 0 Å². The van der Waals surface area contributed by atoms with Gasteiger partial charge in [-0.15, -0.1) is 12.3 Å². The summed E-state index contributed by atoms with van der Waals surface area (Å²) in [6, 6.07) is 0. The number of aliphatic hydroxyl groups excluding tert-OH is 1. The number of aliphatic hydroxyl groups is 1. The summed E-state index contributed by atoms with van der Waals surface area (Å²) < 4.78 is 0. The van der Waals surface area contributed by atoms with Gasteiger partial charge < -0.3 is 10.2 Å². The van der Waals surface area contributed by atoms with Gasteiger partial charge in [0.15, 0.2) is 0 Å². The number of hydrogen-bond donors (Lipinski definition) is 2. The Labute approximate surface area is 96.3 Å². The lowest BCUT2D eigenvalue weighted by Crippen LogP contribution is -2.55. The maximum atomic E-state index is 11.2. The molecular formula is C12H19NO3. The van der Waals surface area contributed by atoms with E-state index in [0.717, 1.165) is 0 Å². The van der Waals surface area contributed by atoms with Gasteiger partial charge in [-0.05, 0) is 11.8 Å². The zero-order valence-corrected chi connectivity index (χ0v) is 10.0. The summed E-state index contributed by atoms with van der Waals surface area (Å²) >= 11 is 0. The zero-order chi connectivity index (χ0) is 12.6. The summed E-state index contributed by atoms with van der Waals surface area (Å²) in [5.74, 6) is 2.55. The van der Waals surface area contributed by atoms with Crippen LogP contribution in [0.4, 0.5) is 4.79 Å². The molecular weight excluding hydrogens is 206 g/mol. The fourth-order valence-corrected chi connectivity index (χ4v) is 2.52. The molecule has 1 heterocycles. The molecule has 0 aliphatic carbocycles. The van der Waals surface area contributed by atoms with Crippen LogP contribution in [0.2, 0.25) is 0 Å². The Hall–Kier alpha value is -1.21. The molecule has 1 aliphatic rings. The third kappa shape index (κ3) is 1.88. The summed E-state index contributed by atoms with van der Waals surface area (Å²) in [6.07, 6.45) is 4.46. The average molecular weight is 225 g/mol. The summed E-state index contributed by atoms with van der Waals surface area (Å²) in [6.45, 7) is 6.02. The molecule has 0 aromatic heterocycles. The molecule has 0 aromatic carbocycles. The molecule has 4 nitrogen and oxygen atoms in total. The lowest BCUT2D eigenvalue weighted by atomic mass is 9.70. The van der Waals surface area contributed by atoms with Crippen LogP contribution in [-0.2, 0) is 0 Å². The molecule has 0 spiro atoms. The van der Waals surface area contributed by atoms with Crippen molar-refractivity contribution in [3.05, 3.63) is 0 Å². The van der Waals surface area contributed by atoms with E-state index in [1.54, 1.807) is 0 Å². The van der Waals surface area contributed by atoms with Crippen LogP contribution in [0.15, 0.2) is 0 Å². The van der Waals surface area contributed by atoms with Gasteiger partial charge >= 0.3 is 6.09 Å². The summed E-state index contributed by atoms with van der Waals surface area (Å²) in [5, 5.41) is 18.9.